The van der Waals surface area contributed by atoms with Crippen LogP contribution in [0.2, 0.25) is 0 Å². The van der Waals surface area contributed by atoms with E-state index in [4.69, 9.17) is 9.84 Å². The molecule has 0 heterocycles. The number of carboxylic acids is 1. The molecule has 0 aromatic heterocycles. The Morgan fingerprint density at radius 1 is 1.03 bits per heavy atom. The van der Waals surface area contributed by atoms with Crippen molar-refractivity contribution in [2.24, 2.45) is 0 Å². The van der Waals surface area contributed by atoms with Gasteiger partial charge in [0.05, 0.1) is 5.75 Å². The number of alkyl carbamates (subject to hydrolysis) is 1. The maximum absolute atomic E-state index is 12.1. The van der Waals surface area contributed by atoms with Gasteiger partial charge in [-0.25, -0.2) is 9.59 Å². The zero-order valence-corrected chi connectivity index (χ0v) is 17.7. The molecular weight excluding hydrogens is 416 g/mol. The number of aliphatic carboxylic acids is 1. The SMILES string of the molecule is O=C(CSCCNC(=O)OCC1c2ccccc2-c2ccccc21)NC1(C(=O)O)CC1. The standard InChI is InChI=1S/C23H24N2O5S/c26-20(25-23(9-10-23)21(27)28)14-31-12-11-24-22(29)30-13-19-17-7-3-1-5-15(17)16-6-2-4-8-18(16)19/h1-8,19H,9-14H2,(H,24,29)(H,25,26)(H,27,28). The predicted octanol–water partition coefficient (Wildman–Crippen LogP) is 2.99. The minimum atomic E-state index is -1.06. The molecule has 2 amide bonds. The summed E-state index contributed by atoms with van der Waals surface area (Å²) < 4.78 is 5.46. The zero-order chi connectivity index (χ0) is 21.8. The molecule has 0 spiro atoms. The van der Waals surface area contributed by atoms with Gasteiger partial charge in [-0.2, -0.15) is 11.8 Å². The third-order valence-electron chi connectivity index (χ3n) is 5.63. The molecule has 1 saturated carbocycles. The van der Waals surface area contributed by atoms with Crippen LogP contribution in [-0.4, -0.2) is 53.3 Å². The Balaban J connectivity index is 1.18. The quantitative estimate of drug-likeness (QED) is 0.518. The van der Waals surface area contributed by atoms with Crippen molar-refractivity contribution in [2.75, 3.05) is 24.7 Å². The van der Waals surface area contributed by atoms with Gasteiger partial charge < -0.3 is 20.5 Å². The van der Waals surface area contributed by atoms with Crippen LogP contribution in [0.5, 0.6) is 0 Å². The summed E-state index contributed by atoms with van der Waals surface area (Å²) in [4.78, 5) is 35.0. The van der Waals surface area contributed by atoms with E-state index < -0.39 is 17.6 Å². The second-order valence-electron chi connectivity index (χ2n) is 7.74. The molecule has 1 fully saturated rings. The lowest BCUT2D eigenvalue weighted by molar-refractivity contribution is -0.142. The number of carbonyl (C=O) groups excluding carboxylic acids is 2. The second kappa shape index (κ2) is 9.01. The van der Waals surface area contributed by atoms with Crippen LogP contribution in [0.15, 0.2) is 48.5 Å². The fraction of sp³-hybridized carbons (Fsp3) is 0.348. The summed E-state index contributed by atoms with van der Waals surface area (Å²) in [6.07, 6.45) is 0.458. The van der Waals surface area contributed by atoms with Crippen molar-refractivity contribution in [3.63, 3.8) is 0 Å². The third kappa shape index (κ3) is 4.69. The van der Waals surface area contributed by atoms with E-state index in [0.717, 1.165) is 11.1 Å². The highest BCUT2D eigenvalue weighted by Crippen LogP contribution is 2.44. The molecule has 2 aromatic carbocycles. The van der Waals surface area contributed by atoms with Crippen LogP contribution in [0.1, 0.15) is 29.9 Å². The van der Waals surface area contributed by atoms with Crippen LogP contribution in [0.3, 0.4) is 0 Å². The Bertz CT molecular complexity index is 959. The number of rotatable bonds is 9. The molecule has 31 heavy (non-hydrogen) atoms. The highest BCUT2D eigenvalue weighted by atomic mass is 32.2. The van der Waals surface area contributed by atoms with Crippen molar-refractivity contribution in [1.82, 2.24) is 10.6 Å². The maximum atomic E-state index is 12.1. The second-order valence-corrected chi connectivity index (χ2v) is 8.85. The molecule has 0 atom stereocenters. The average molecular weight is 441 g/mol. The van der Waals surface area contributed by atoms with Crippen LogP contribution in [0.4, 0.5) is 4.79 Å². The van der Waals surface area contributed by atoms with E-state index in [1.54, 1.807) is 0 Å². The van der Waals surface area contributed by atoms with Crippen molar-refractivity contribution in [3.8, 4) is 11.1 Å². The first kappa shape index (κ1) is 21.2. The lowest BCUT2D eigenvalue weighted by atomic mass is 9.98. The number of amides is 2. The summed E-state index contributed by atoms with van der Waals surface area (Å²) in [6, 6.07) is 16.3. The van der Waals surface area contributed by atoms with E-state index in [2.05, 4.69) is 34.9 Å². The molecule has 2 aromatic rings. The minimum absolute atomic E-state index is 0.0141. The molecule has 162 valence electrons. The summed E-state index contributed by atoms with van der Waals surface area (Å²) in [5, 5.41) is 14.3. The van der Waals surface area contributed by atoms with E-state index in [-0.39, 0.29) is 24.2 Å². The molecule has 8 heteroatoms. The van der Waals surface area contributed by atoms with Crippen molar-refractivity contribution in [2.45, 2.75) is 24.3 Å². The molecule has 0 unspecified atom stereocenters. The molecule has 2 aliphatic rings. The van der Waals surface area contributed by atoms with Crippen LogP contribution in [0.25, 0.3) is 11.1 Å². The number of carboxylic acid groups (broad SMARTS) is 1. The monoisotopic (exact) mass is 440 g/mol. The van der Waals surface area contributed by atoms with Gasteiger partial charge in [0.15, 0.2) is 0 Å². The number of carbonyl (C=O) groups is 3. The number of hydrogen-bond acceptors (Lipinski definition) is 5. The Morgan fingerprint density at radius 3 is 2.23 bits per heavy atom. The van der Waals surface area contributed by atoms with Crippen molar-refractivity contribution in [3.05, 3.63) is 59.7 Å². The number of nitrogens with one attached hydrogen (secondary N) is 2. The number of fused-ring (bicyclic) bond motifs is 3. The summed E-state index contributed by atoms with van der Waals surface area (Å²) in [5.74, 6) is -0.590. The smallest absolute Gasteiger partial charge is 0.407 e. The van der Waals surface area contributed by atoms with Gasteiger partial charge in [0, 0.05) is 18.2 Å². The summed E-state index contributed by atoms with van der Waals surface area (Å²) in [6.45, 7) is 0.616. The number of thioether (sulfide) groups is 1. The van der Waals surface area contributed by atoms with Crippen LogP contribution in [0, 0.1) is 0 Å². The van der Waals surface area contributed by atoms with E-state index in [0.29, 0.717) is 25.1 Å². The molecule has 0 aliphatic heterocycles. The van der Waals surface area contributed by atoms with E-state index in [1.165, 1.54) is 22.9 Å². The van der Waals surface area contributed by atoms with E-state index >= 15 is 0 Å². The molecule has 7 nitrogen and oxygen atoms in total. The first-order valence-electron chi connectivity index (χ1n) is 10.2. The lowest BCUT2D eigenvalue weighted by Gasteiger charge is -2.14. The molecule has 0 radical (unpaired) electrons. The van der Waals surface area contributed by atoms with Gasteiger partial charge in [-0.3, -0.25) is 4.79 Å². The topological polar surface area (TPSA) is 105 Å². The van der Waals surface area contributed by atoms with Gasteiger partial charge in [-0.05, 0) is 35.1 Å². The fourth-order valence-corrected chi connectivity index (χ4v) is 4.51. The predicted molar refractivity (Wildman–Crippen MR) is 118 cm³/mol. The first-order chi connectivity index (χ1) is 15.0. The highest BCUT2D eigenvalue weighted by molar-refractivity contribution is 7.99. The van der Waals surface area contributed by atoms with E-state index in [1.807, 2.05) is 24.3 Å². The van der Waals surface area contributed by atoms with Gasteiger partial charge in [0.1, 0.15) is 12.1 Å². The molecule has 4 rings (SSSR count). The number of benzene rings is 2. The zero-order valence-electron chi connectivity index (χ0n) is 16.9. The first-order valence-corrected chi connectivity index (χ1v) is 11.4. The fourth-order valence-electron chi connectivity index (χ4n) is 3.86. The third-order valence-corrected chi connectivity index (χ3v) is 6.59. The minimum Gasteiger partial charge on any atom is -0.480 e. The molecule has 0 bridgehead atoms. The van der Waals surface area contributed by atoms with Crippen LogP contribution >= 0.6 is 11.8 Å². The molecule has 2 aliphatic carbocycles. The summed E-state index contributed by atoms with van der Waals surface area (Å²) >= 11 is 1.33. The molecule has 0 saturated heterocycles. The van der Waals surface area contributed by atoms with Gasteiger partial charge in [0.2, 0.25) is 5.91 Å². The highest BCUT2D eigenvalue weighted by Gasteiger charge is 2.51. The Kier molecular flexibility index (Phi) is 6.18. The van der Waals surface area contributed by atoms with Crippen LogP contribution in [-0.2, 0) is 14.3 Å². The average Bonchev–Trinajstić information content (AvgIpc) is 3.48. The normalized spacial score (nSPS) is 15.5. The summed E-state index contributed by atoms with van der Waals surface area (Å²) in [5.41, 5.74) is 3.62. The number of hydrogen-bond donors (Lipinski definition) is 3. The summed E-state index contributed by atoms with van der Waals surface area (Å²) in [7, 11) is 0. The van der Waals surface area contributed by atoms with Crippen molar-refractivity contribution >= 4 is 29.7 Å². The van der Waals surface area contributed by atoms with Gasteiger partial charge in [0.25, 0.3) is 0 Å². The Hall–Kier alpha value is -3.00. The van der Waals surface area contributed by atoms with Gasteiger partial charge in [-0.1, -0.05) is 48.5 Å². The van der Waals surface area contributed by atoms with Crippen molar-refractivity contribution in [1.29, 1.82) is 0 Å². The molecule has 3 N–H and O–H groups in total. The lowest BCUT2D eigenvalue weighted by Crippen LogP contribution is -2.44. The Labute approximate surface area is 184 Å². The largest absolute Gasteiger partial charge is 0.480 e. The maximum Gasteiger partial charge on any atom is 0.407 e. The van der Waals surface area contributed by atoms with Gasteiger partial charge in [-0.15, -0.1) is 0 Å². The number of ether oxygens (including phenoxy) is 1. The van der Waals surface area contributed by atoms with Crippen LogP contribution < -0.4 is 10.6 Å². The van der Waals surface area contributed by atoms with E-state index in [9.17, 15) is 14.4 Å². The molecular formula is C23H24N2O5S. The van der Waals surface area contributed by atoms with Crippen molar-refractivity contribution < 1.29 is 24.2 Å². The van der Waals surface area contributed by atoms with Gasteiger partial charge >= 0.3 is 12.1 Å². The Morgan fingerprint density at radius 2 is 1.65 bits per heavy atom.